The fourth-order valence-electron chi connectivity index (χ4n) is 7.91. The highest BCUT2D eigenvalue weighted by Gasteiger charge is 2.44. The van der Waals surface area contributed by atoms with Crippen LogP contribution in [0.25, 0.3) is 0 Å². The molecule has 51 heavy (non-hydrogen) atoms. The molecule has 12 heteroatoms. The van der Waals surface area contributed by atoms with E-state index in [4.69, 9.17) is 18.9 Å². The Hall–Kier alpha value is -4.81. The largest absolute Gasteiger partial charge is 0.493 e. The van der Waals surface area contributed by atoms with Crippen molar-refractivity contribution >= 4 is 17.9 Å². The predicted molar refractivity (Wildman–Crippen MR) is 191 cm³/mol. The SMILES string of the molecule is COc1cc(C(=O)N2CCC(CCN3CCC(NC(=O)N4CCOCC4C(=O)O)(c4ccccc4)CC3)(c3ccccc3)C2)cc(OC)c1OC. The first kappa shape index (κ1) is 36.0. The van der Waals surface area contributed by atoms with Gasteiger partial charge in [0.15, 0.2) is 17.5 Å². The first-order chi connectivity index (χ1) is 24.7. The van der Waals surface area contributed by atoms with Crippen molar-refractivity contribution in [3.63, 3.8) is 0 Å². The molecule has 3 fully saturated rings. The van der Waals surface area contributed by atoms with E-state index in [9.17, 15) is 19.5 Å². The van der Waals surface area contributed by atoms with Crippen LogP contribution in [0.15, 0.2) is 72.8 Å². The molecule has 0 radical (unpaired) electrons. The molecule has 3 aromatic carbocycles. The number of piperidine rings is 1. The lowest BCUT2D eigenvalue weighted by Crippen LogP contribution is -2.61. The van der Waals surface area contributed by atoms with Gasteiger partial charge in [0.05, 0.1) is 40.1 Å². The summed E-state index contributed by atoms with van der Waals surface area (Å²) in [5.74, 6) is 0.163. The summed E-state index contributed by atoms with van der Waals surface area (Å²) >= 11 is 0. The Balaban J connectivity index is 1.17. The molecule has 3 aromatic rings. The highest BCUT2D eigenvalue weighted by Crippen LogP contribution is 2.42. The van der Waals surface area contributed by atoms with Crippen LogP contribution in [0, 0.1) is 0 Å². The van der Waals surface area contributed by atoms with E-state index in [1.165, 1.54) is 10.5 Å². The van der Waals surface area contributed by atoms with E-state index in [2.05, 4.69) is 34.5 Å². The quantitative estimate of drug-likeness (QED) is 0.300. The highest BCUT2D eigenvalue weighted by atomic mass is 16.5. The molecule has 0 aliphatic carbocycles. The van der Waals surface area contributed by atoms with Crippen LogP contribution in [0.2, 0.25) is 0 Å². The van der Waals surface area contributed by atoms with Crippen LogP contribution in [0.3, 0.4) is 0 Å². The number of nitrogens with zero attached hydrogens (tertiary/aromatic N) is 3. The van der Waals surface area contributed by atoms with Crippen molar-refractivity contribution in [2.24, 2.45) is 0 Å². The van der Waals surface area contributed by atoms with Gasteiger partial charge in [0.25, 0.3) is 5.91 Å². The van der Waals surface area contributed by atoms with Crippen molar-refractivity contribution in [3.8, 4) is 17.2 Å². The zero-order chi connectivity index (χ0) is 36.0. The Bertz CT molecular complexity index is 1660. The lowest BCUT2D eigenvalue weighted by Gasteiger charge is -2.45. The zero-order valence-corrected chi connectivity index (χ0v) is 29.6. The summed E-state index contributed by atoms with van der Waals surface area (Å²) in [5.41, 5.74) is 1.84. The Kier molecular flexibility index (Phi) is 11.0. The number of carbonyl (C=O) groups is 3. The number of amides is 3. The second-order valence-corrected chi connectivity index (χ2v) is 13.6. The number of carboxylic acids is 1. The van der Waals surface area contributed by atoms with E-state index in [0.29, 0.717) is 55.4 Å². The third-order valence-corrected chi connectivity index (χ3v) is 10.9. The fraction of sp³-hybridized carbons (Fsp3) is 0.462. The molecule has 2 unspecified atom stereocenters. The predicted octanol–water partition coefficient (Wildman–Crippen LogP) is 4.37. The third kappa shape index (κ3) is 7.48. The number of aliphatic carboxylic acids is 1. The van der Waals surface area contributed by atoms with Gasteiger partial charge in [0.1, 0.15) is 0 Å². The number of hydrogen-bond acceptors (Lipinski definition) is 8. The Morgan fingerprint density at radius 1 is 0.843 bits per heavy atom. The number of likely N-dealkylation sites (tertiary alicyclic amines) is 2. The molecule has 0 bridgehead atoms. The smallest absolute Gasteiger partial charge is 0.328 e. The second kappa shape index (κ2) is 15.6. The summed E-state index contributed by atoms with van der Waals surface area (Å²) in [7, 11) is 4.62. The van der Waals surface area contributed by atoms with E-state index in [-0.39, 0.29) is 30.5 Å². The maximum atomic E-state index is 14.0. The van der Waals surface area contributed by atoms with Crippen LogP contribution in [0.1, 0.15) is 47.2 Å². The number of ether oxygens (including phenoxy) is 4. The van der Waals surface area contributed by atoms with Crippen LogP contribution in [0.4, 0.5) is 4.79 Å². The van der Waals surface area contributed by atoms with E-state index >= 15 is 0 Å². The molecule has 6 rings (SSSR count). The van der Waals surface area contributed by atoms with Gasteiger partial charge in [-0.1, -0.05) is 60.7 Å². The van der Waals surface area contributed by atoms with Crippen LogP contribution in [-0.2, 0) is 20.5 Å². The van der Waals surface area contributed by atoms with Crippen molar-refractivity contribution in [2.45, 2.75) is 42.7 Å². The van der Waals surface area contributed by atoms with E-state index in [1.54, 1.807) is 33.5 Å². The normalized spacial score (nSPS) is 21.9. The average molecular weight is 701 g/mol. The number of methoxy groups -OCH3 is 3. The summed E-state index contributed by atoms with van der Waals surface area (Å²) in [6.07, 6.45) is 3.04. The minimum absolute atomic E-state index is 0.0243. The maximum absolute atomic E-state index is 14.0. The van der Waals surface area contributed by atoms with E-state index in [1.807, 2.05) is 41.3 Å². The molecule has 3 amide bonds. The van der Waals surface area contributed by atoms with Crippen molar-refractivity contribution in [3.05, 3.63) is 89.5 Å². The maximum Gasteiger partial charge on any atom is 0.328 e. The van der Waals surface area contributed by atoms with Crippen LogP contribution >= 0.6 is 0 Å². The Labute approximate surface area is 299 Å². The number of carboxylic acid groups (broad SMARTS) is 1. The monoisotopic (exact) mass is 700 g/mol. The lowest BCUT2D eigenvalue weighted by molar-refractivity contribution is -0.147. The summed E-state index contributed by atoms with van der Waals surface area (Å²) in [6.45, 7) is 4.02. The van der Waals surface area contributed by atoms with Crippen LogP contribution in [0.5, 0.6) is 17.2 Å². The second-order valence-electron chi connectivity index (χ2n) is 13.6. The molecule has 0 saturated carbocycles. The molecule has 0 aromatic heterocycles. The molecule has 12 nitrogen and oxygen atoms in total. The molecule has 2 N–H and O–H groups in total. The number of urea groups is 1. The topological polar surface area (TPSA) is 130 Å². The van der Waals surface area contributed by atoms with Gasteiger partial charge >= 0.3 is 12.0 Å². The minimum Gasteiger partial charge on any atom is -0.493 e. The number of nitrogens with one attached hydrogen (secondary N) is 1. The number of benzene rings is 3. The van der Waals surface area contributed by atoms with Crippen LogP contribution < -0.4 is 19.5 Å². The number of carbonyl (C=O) groups excluding carboxylic acids is 2. The van der Waals surface area contributed by atoms with Crippen molar-refractivity contribution in [1.82, 2.24) is 20.0 Å². The minimum atomic E-state index is -1.07. The van der Waals surface area contributed by atoms with E-state index in [0.717, 1.165) is 38.0 Å². The van der Waals surface area contributed by atoms with Crippen LogP contribution in [-0.4, -0.2) is 118 Å². The third-order valence-electron chi connectivity index (χ3n) is 10.9. The zero-order valence-electron chi connectivity index (χ0n) is 29.6. The van der Waals surface area contributed by atoms with Gasteiger partial charge in [-0.2, -0.15) is 0 Å². The molecule has 2 atom stereocenters. The standard InChI is InChI=1S/C39H48N4O8/c1-48-32-24-28(25-33(49-2)34(32)50-3)35(44)42-21-15-38(27-42,29-10-6-4-7-11-29)14-18-41-19-16-39(17-20-41,30-12-8-5-9-13-30)40-37(47)43-22-23-51-26-31(43)36(45)46/h4-13,24-25,31H,14-23,26-27H2,1-3H3,(H,40,47)(H,45,46). The van der Waals surface area contributed by atoms with E-state index < -0.39 is 17.6 Å². The molecule has 3 saturated heterocycles. The first-order valence-corrected chi connectivity index (χ1v) is 17.5. The molecule has 272 valence electrons. The highest BCUT2D eigenvalue weighted by molar-refractivity contribution is 5.96. The van der Waals surface area contributed by atoms with Gasteiger partial charge in [0, 0.05) is 43.7 Å². The van der Waals surface area contributed by atoms with Gasteiger partial charge in [-0.25, -0.2) is 9.59 Å². The Morgan fingerprint density at radius 2 is 1.47 bits per heavy atom. The number of rotatable bonds is 11. The van der Waals surface area contributed by atoms with Crippen molar-refractivity contribution in [2.75, 3.05) is 73.8 Å². The lowest BCUT2D eigenvalue weighted by atomic mass is 9.76. The van der Waals surface area contributed by atoms with Gasteiger partial charge in [-0.3, -0.25) is 4.79 Å². The first-order valence-electron chi connectivity index (χ1n) is 17.5. The van der Waals surface area contributed by atoms with Crippen molar-refractivity contribution in [1.29, 1.82) is 0 Å². The van der Waals surface area contributed by atoms with Crippen molar-refractivity contribution < 1.29 is 38.4 Å². The fourth-order valence-corrected chi connectivity index (χ4v) is 7.91. The van der Waals surface area contributed by atoms with Gasteiger partial charge in [0.2, 0.25) is 5.75 Å². The van der Waals surface area contributed by atoms with Gasteiger partial charge in [-0.15, -0.1) is 0 Å². The van der Waals surface area contributed by atoms with Gasteiger partial charge < -0.3 is 44.1 Å². The molecular formula is C39H48N4O8. The molecule has 3 aliphatic rings. The summed E-state index contributed by atoms with van der Waals surface area (Å²) in [5, 5.41) is 13.0. The molecule has 3 heterocycles. The molecular weight excluding hydrogens is 652 g/mol. The Morgan fingerprint density at radius 3 is 2.06 bits per heavy atom. The summed E-state index contributed by atoms with van der Waals surface area (Å²) in [6, 6.07) is 22.4. The molecule has 3 aliphatic heterocycles. The van der Waals surface area contributed by atoms with Gasteiger partial charge in [-0.05, 0) is 55.5 Å². The number of hydrogen-bond donors (Lipinski definition) is 2. The number of morpholine rings is 1. The summed E-state index contributed by atoms with van der Waals surface area (Å²) < 4.78 is 21.9. The summed E-state index contributed by atoms with van der Waals surface area (Å²) in [4.78, 5) is 45.3. The average Bonchev–Trinajstić information content (AvgIpc) is 3.63. The molecule has 0 spiro atoms.